The van der Waals surface area contributed by atoms with E-state index >= 15 is 0 Å². The molecule has 16 heteroatoms. The third kappa shape index (κ3) is 10.8. The van der Waals surface area contributed by atoms with Crippen molar-refractivity contribution in [3.8, 4) is 0 Å². The Balaban J connectivity index is 0.000000178. The summed E-state index contributed by atoms with van der Waals surface area (Å²) >= 11 is 0. The zero-order valence-electron chi connectivity index (χ0n) is 41.8. The second-order valence-corrected chi connectivity index (χ2v) is 26.3. The molecule has 15 nitrogen and oxygen atoms in total. The fraction of sp³-hybridized carbons (Fsp3) is 0.444. The van der Waals surface area contributed by atoms with Gasteiger partial charge in [-0.3, -0.25) is 8.80 Å². The predicted molar refractivity (Wildman–Crippen MR) is 276 cm³/mol. The summed E-state index contributed by atoms with van der Waals surface area (Å²) in [7, 11) is -1.14. The van der Waals surface area contributed by atoms with Gasteiger partial charge in [0.15, 0.2) is 0 Å². The Kier molecular flexibility index (Phi) is 14.7. The molecule has 2 saturated heterocycles. The molecule has 2 aromatic carbocycles. The minimum atomic E-state index is -1.14. The molecule has 2 aliphatic heterocycles. The maximum Gasteiger partial charge on any atom is 0.410 e. The highest BCUT2D eigenvalue weighted by atomic mass is 28.3. The van der Waals surface area contributed by atoms with Crippen LogP contribution in [0.15, 0.2) is 97.8 Å². The number of imidazole rings is 2. The lowest BCUT2D eigenvalue weighted by atomic mass is 9.94. The van der Waals surface area contributed by atoms with Crippen LogP contribution in [-0.4, -0.2) is 101 Å². The first-order chi connectivity index (χ1) is 33.8. The molecular formula is C54H68N10O5Si. The first-order valence-electron chi connectivity index (χ1n) is 25.0. The van der Waals surface area contributed by atoms with Crippen LogP contribution in [0.5, 0.6) is 0 Å². The van der Waals surface area contributed by atoms with Crippen LogP contribution >= 0.6 is 0 Å². The number of nitrogens with zero attached hydrogens (tertiary/aromatic N) is 9. The molecule has 2 fully saturated rings. The van der Waals surface area contributed by atoms with Crippen molar-refractivity contribution in [2.75, 3.05) is 32.8 Å². The molecule has 1 N–H and O–H groups in total. The van der Waals surface area contributed by atoms with Gasteiger partial charge in [-0.05, 0) is 55.0 Å². The number of fused-ring (bicyclic) bond motifs is 6. The molecule has 8 heterocycles. The lowest BCUT2D eigenvalue weighted by molar-refractivity contribution is 0.0851. The van der Waals surface area contributed by atoms with Crippen LogP contribution in [0, 0.1) is 0 Å². The Hall–Kier alpha value is -6.52. The molecule has 8 aromatic rings. The largest absolute Gasteiger partial charge is 0.445 e. The fourth-order valence-corrected chi connectivity index (χ4v) is 10.5. The van der Waals surface area contributed by atoms with Gasteiger partial charge in [0.1, 0.15) is 55.5 Å². The van der Waals surface area contributed by atoms with Crippen molar-refractivity contribution >= 4 is 53.4 Å². The van der Waals surface area contributed by atoms with E-state index in [0.717, 1.165) is 106 Å². The molecule has 2 unspecified atom stereocenters. The molecule has 0 bridgehead atoms. The first kappa shape index (κ1) is 48.5. The molecule has 2 atom stereocenters. The van der Waals surface area contributed by atoms with Gasteiger partial charge in [-0.15, -0.1) is 0 Å². The average Bonchev–Trinajstić information content (AvgIpc) is 4.18. The maximum absolute atomic E-state index is 13.0. The Morgan fingerprint density at radius 2 is 1.23 bits per heavy atom. The van der Waals surface area contributed by atoms with Crippen molar-refractivity contribution in [2.24, 2.45) is 0 Å². The number of ether oxygens (including phenoxy) is 3. The molecule has 6 aromatic heterocycles. The van der Waals surface area contributed by atoms with Crippen molar-refractivity contribution in [3.63, 3.8) is 0 Å². The number of amides is 2. The second kappa shape index (κ2) is 21.2. The van der Waals surface area contributed by atoms with Crippen LogP contribution in [0.3, 0.4) is 0 Å². The summed E-state index contributed by atoms with van der Waals surface area (Å²) in [4.78, 5) is 52.2. The zero-order chi connectivity index (χ0) is 48.9. The van der Waals surface area contributed by atoms with Crippen LogP contribution in [0.2, 0.25) is 25.7 Å². The van der Waals surface area contributed by atoms with Gasteiger partial charge in [0.05, 0.1) is 22.4 Å². The second-order valence-electron chi connectivity index (χ2n) is 20.7. The van der Waals surface area contributed by atoms with E-state index in [-0.39, 0.29) is 42.5 Å². The van der Waals surface area contributed by atoms with Crippen molar-refractivity contribution in [3.05, 3.63) is 132 Å². The number of H-pyrrole nitrogens is 1. The van der Waals surface area contributed by atoms with Crippen molar-refractivity contribution < 1.29 is 23.8 Å². The van der Waals surface area contributed by atoms with Gasteiger partial charge >= 0.3 is 12.2 Å². The molecule has 2 aliphatic rings. The highest BCUT2D eigenvalue weighted by Gasteiger charge is 2.32. The van der Waals surface area contributed by atoms with Crippen LogP contribution < -0.4 is 0 Å². The molecule has 368 valence electrons. The molecule has 0 saturated carbocycles. The van der Waals surface area contributed by atoms with Crippen LogP contribution in [0.1, 0.15) is 111 Å². The number of aromatic nitrogens is 8. The molecule has 10 rings (SSSR count). The van der Waals surface area contributed by atoms with Gasteiger partial charge < -0.3 is 33.6 Å². The lowest BCUT2D eigenvalue weighted by Crippen LogP contribution is -2.39. The van der Waals surface area contributed by atoms with E-state index < -0.39 is 8.07 Å². The van der Waals surface area contributed by atoms with Crippen molar-refractivity contribution in [2.45, 2.75) is 123 Å². The van der Waals surface area contributed by atoms with Crippen molar-refractivity contribution in [1.29, 1.82) is 0 Å². The highest BCUT2D eigenvalue weighted by Crippen LogP contribution is 2.37. The van der Waals surface area contributed by atoms with Crippen molar-refractivity contribution in [1.82, 2.24) is 48.1 Å². The molecule has 0 radical (unpaired) electrons. The number of likely N-dealkylation sites (tertiary alicyclic amines) is 2. The van der Waals surface area contributed by atoms with E-state index in [2.05, 4.69) is 89.0 Å². The minimum absolute atomic E-state index is 0.132. The van der Waals surface area contributed by atoms with Gasteiger partial charge in [0, 0.05) is 87.7 Å². The van der Waals surface area contributed by atoms with E-state index in [4.69, 9.17) is 29.2 Å². The number of aromatic amines is 1. The molecule has 0 spiro atoms. The van der Waals surface area contributed by atoms with E-state index in [1.54, 1.807) is 0 Å². The number of benzene rings is 2. The number of hydrogen-bond acceptors (Lipinski definition) is 9. The van der Waals surface area contributed by atoms with E-state index in [1.165, 1.54) is 0 Å². The number of carbonyl (C=O) groups is 2. The number of piperidine rings is 2. The standard InChI is InChI=1S/C30H41N5O3Si.C24H27N5O2/c1-22(2)28-32-26(24-12-9-14-33(18-24)30(36)38-19-23-10-7-6-8-11-23)27-25-13-15-34(29(25)31-20-35(27)28)21-37-16-17-39(3,4)5;1-16(2)23-27-20(21-19-10-11-25-22(19)26-15-29(21)23)18-9-6-12-28(13-18)24(30)31-14-17-7-4-3-5-8-17/h6-8,10-11,13,15,20,22,24H,9,12,14,16-19,21H2,1-5H3;3-5,7-8,10-11,15-16,18,25H,6,9,12-14H2,1-2H3. The van der Waals surface area contributed by atoms with Gasteiger partial charge in [-0.2, -0.15) is 0 Å². The molecule has 0 aliphatic carbocycles. The summed E-state index contributed by atoms with van der Waals surface area (Å²) in [6.45, 7) is 20.2. The number of rotatable bonds is 13. The number of hydrogen-bond donors (Lipinski definition) is 1. The smallest absolute Gasteiger partial charge is 0.410 e. The summed E-state index contributed by atoms with van der Waals surface area (Å²) in [6.07, 6.45) is 11.1. The zero-order valence-corrected chi connectivity index (χ0v) is 42.8. The Morgan fingerprint density at radius 3 is 1.76 bits per heavy atom. The SMILES string of the molecule is CC(C)c1nc(C2CCCN(C(=O)OCc3ccccc3)C2)c2c3cc[nH]c3ncn12.CC(C)c1nc(C2CCCN(C(=O)OCc3ccccc3)C2)c2c3ccn(COCC[Si](C)(C)C)c3ncn12. The predicted octanol–water partition coefficient (Wildman–Crippen LogP) is 11.5. The summed E-state index contributed by atoms with van der Waals surface area (Å²) in [5, 5.41) is 2.14. The number of nitrogens with one attached hydrogen (secondary N) is 1. The quantitative estimate of drug-likeness (QED) is 0.0880. The highest BCUT2D eigenvalue weighted by molar-refractivity contribution is 6.76. The topological polar surface area (TPSA) is 149 Å². The van der Waals surface area contributed by atoms with Gasteiger partial charge in [-0.1, -0.05) is 108 Å². The Labute approximate surface area is 411 Å². The minimum Gasteiger partial charge on any atom is -0.445 e. The molecular weight excluding hydrogens is 897 g/mol. The summed E-state index contributed by atoms with van der Waals surface area (Å²) in [5.41, 5.74) is 8.04. The normalized spacial score (nSPS) is 16.7. The summed E-state index contributed by atoms with van der Waals surface area (Å²) in [5.74, 6) is 2.82. The van der Waals surface area contributed by atoms with Gasteiger partial charge in [0.2, 0.25) is 0 Å². The lowest BCUT2D eigenvalue weighted by Gasteiger charge is -2.31. The third-order valence-corrected chi connectivity index (χ3v) is 15.2. The van der Waals surface area contributed by atoms with E-state index in [9.17, 15) is 9.59 Å². The first-order valence-corrected chi connectivity index (χ1v) is 28.7. The fourth-order valence-electron chi connectivity index (χ4n) is 9.77. The molecule has 2 amide bonds. The van der Waals surface area contributed by atoms with Crippen LogP contribution in [-0.2, 0) is 34.2 Å². The number of carbonyl (C=O) groups excluding carboxylic acids is 2. The Bertz CT molecular complexity index is 3040. The average molecular weight is 965 g/mol. The third-order valence-electron chi connectivity index (χ3n) is 13.5. The van der Waals surface area contributed by atoms with E-state index in [1.807, 2.05) is 89.3 Å². The molecule has 70 heavy (non-hydrogen) atoms. The monoisotopic (exact) mass is 965 g/mol. The Morgan fingerprint density at radius 1 is 0.700 bits per heavy atom. The maximum atomic E-state index is 13.0. The van der Waals surface area contributed by atoms with Crippen LogP contribution in [0.4, 0.5) is 9.59 Å². The van der Waals surface area contributed by atoms with Gasteiger partial charge in [0.25, 0.3) is 0 Å². The summed E-state index contributed by atoms with van der Waals surface area (Å²) < 4.78 is 23.6. The van der Waals surface area contributed by atoms with E-state index in [0.29, 0.717) is 39.5 Å². The van der Waals surface area contributed by atoms with Crippen LogP contribution in [0.25, 0.3) is 33.1 Å². The van der Waals surface area contributed by atoms with Gasteiger partial charge in [-0.25, -0.2) is 29.5 Å². The summed E-state index contributed by atoms with van der Waals surface area (Å²) in [6, 6.07) is 24.9.